The van der Waals surface area contributed by atoms with Crippen LogP contribution in [0.3, 0.4) is 0 Å². The maximum Gasteiger partial charge on any atom is 0.163 e. The number of hydrogen-bond acceptors (Lipinski definition) is 4. The highest BCUT2D eigenvalue weighted by atomic mass is 16.5. The van der Waals surface area contributed by atoms with Gasteiger partial charge in [0.2, 0.25) is 0 Å². The van der Waals surface area contributed by atoms with Crippen molar-refractivity contribution in [3.8, 4) is 11.1 Å². The smallest absolute Gasteiger partial charge is 0.163 e. The SMILES string of the molecule is C[C@@H](CC(=O)c1ccc(-c2cc(C3CCOCC3)cnc2N)cc1)c1ccccc1. The van der Waals surface area contributed by atoms with Crippen LogP contribution in [-0.2, 0) is 4.74 Å². The first kappa shape index (κ1) is 20.3. The molecule has 4 nitrogen and oxygen atoms in total. The number of aromatic nitrogens is 1. The minimum absolute atomic E-state index is 0.153. The van der Waals surface area contributed by atoms with Crippen LogP contribution >= 0.6 is 0 Å². The van der Waals surface area contributed by atoms with Gasteiger partial charge in [0.05, 0.1) is 0 Å². The number of pyridine rings is 1. The number of carbonyl (C=O) groups is 1. The molecule has 0 amide bonds. The molecule has 0 unspecified atom stereocenters. The number of ether oxygens (including phenoxy) is 1. The molecule has 0 bridgehead atoms. The van der Waals surface area contributed by atoms with E-state index in [1.54, 1.807) is 0 Å². The Balaban J connectivity index is 1.50. The summed E-state index contributed by atoms with van der Waals surface area (Å²) in [5, 5.41) is 0. The molecular weight excluding hydrogens is 372 g/mol. The summed E-state index contributed by atoms with van der Waals surface area (Å²) >= 11 is 0. The maximum absolute atomic E-state index is 12.8. The van der Waals surface area contributed by atoms with Crippen molar-refractivity contribution in [2.75, 3.05) is 18.9 Å². The van der Waals surface area contributed by atoms with E-state index in [4.69, 9.17) is 10.5 Å². The van der Waals surface area contributed by atoms with Crippen LogP contribution in [0, 0.1) is 0 Å². The standard InChI is InChI=1S/C26H28N2O2/c1-18(19-5-3-2-4-6-19)15-25(29)22-9-7-21(8-10-22)24-16-23(17-28-26(24)27)20-11-13-30-14-12-20/h2-10,16-18,20H,11-15H2,1H3,(H2,27,28)/t18-/m0/s1. The van der Waals surface area contributed by atoms with Crippen molar-refractivity contribution >= 4 is 11.6 Å². The van der Waals surface area contributed by atoms with Crippen LogP contribution in [0.4, 0.5) is 5.82 Å². The fourth-order valence-corrected chi connectivity index (χ4v) is 4.11. The quantitative estimate of drug-likeness (QED) is 0.547. The number of rotatable bonds is 6. The van der Waals surface area contributed by atoms with Gasteiger partial charge >= 0.3 is 0 Å². The predicted octanol–water partition coefficient (Wildman–Crippen LogP) is 5.60. The summed E-state index contributed by atoms with van der Waals surface area (Å²) in [6.07, 6.45) is 4.40. The lowest BCUT2D eigenvalue weighted by Gasteiger charge is -2.22. The van der Waals surface area contributed by atoms with Gasteiger partial charge in [0.1, 0.15) is 5.82 Å². The Hall–Kier alpha value is -2.98. The summed E-state index contributed by atoms with van der Waals surface area (Å²) in [5.41, 5.74) is 11.2. The van der Waals surface area contributed by atoms with Crippen molar-refractivity contribution in [2.24, 2.45) is 0 Å². The van der Waals surface area contributed by atoms with E-state index in [0.717, 1.165) is 42.7 Å². The third kappa shape index (κ3) is 4.60. The lowest BCUT2D eigenvalue weighted by molar-refractivity contribution is 0.0853. The Bertz CT molecular complexity index is 993. The van der Waals surface area contributed by atoms with Gasteiger partial charge in [0.15, 0.2) is 5.78 Å². The minimum Gasteiger partial charge on any atom is -0.383 e. The Labute approximate surface area is 178 Å². The third-order valence-corrected chi connectivity index (χ3v) is 6.01. The zero-order valence-corrected chi connectivity index (χ0v) is 17.4. The lowest BCUT2D eigenvalue weighted by Crippen LogP contribution is -2.14. The van der Waals surface area contributed by atoms with Gasteiger partial charge in [-0.1, -0.05) is 61.5 Å². The average molecular weight is 401 g/mol. The molecule has 0 aliphatic carbocycles. The molecule has 2 N–H and O–H groups in total. The summed E-state index contributed by atoms with van der Waals surface area (Å²) < 4.78 is 5.47. The number of ketones is 1. The van der Waals surface area contributed by atoms with Crippen molar-refractivity contribution in [3.05, 3.63) is 83.6 Å². The van der Waals surface area contributed by atoms with Crippen LogP contribution in [0.15, 0.2) is 66.9 Å². The molecule has 3 aromatic rings. The Morgan fingerprint density at radius 3 is 2.50 bits per heavy atom. The maximum atomic E-state index is 12.8. The van der Waals surface area contributed by atoms with E-state index in [1.165, 1.54) is 11.1 Å². The molecular formula is C26H28N2O2. The summed E-state index contributed by atoms with van der Waals surface area (Å²) in [5.74, 6) is 1.32. The monoisotopic (exact) mass is 400 g/mol. The summed E-state index contributed by atoms with van der Waals surface area (Å²) in [7, 11) is 0. The van der Waals surface area contributed by atoms with Gasteiger partial charge in [-0.15, -0.1) is 0 Å². The predicted molar refractivity (Wildman–Crippen MR) is 121 cm³/mol. The highest BCUT2D eigenvalue weighted by molar-refractivity contribution is 5.97. The second-order valence-electron chi connectivity index (χ2n) is 8.10. The number of Topliss-reactive ketones (excluding diaryl/α,β-unsaturated/α-hetero) is 1. The Kier molecular flexibility index (Phi) is 6.24. The molecule has 30 heavy (non-hydrogen) atoms. The molecule has 4 heteroatoms. The summed E-state index contributed by atoms with van der Waals surface area (Å²) in [6.45, 7) is 3.68. The highest BCUT2D eigenvalue weighted by Gasteiger charge is 2.18. The van der Waals surface area contributed by atoms with E-state index in [0.29, 0.717) is 18.2 Å². The van der Waals surface area contributed by atoms with Crippen molar-refractivity contribution < 1.29 is 9.53 Å². The number of anilines is 1. The van der Waals surface area contributed by atoms with Gasteiger partial charge < -0.3 is 10.5 Å². The topological polar surface area (TPSA) is 65.2 Å². The van der Waals surface area contributed by atoms with Crippen LogP contribution in [0.1, 0.15) is 59.5 Å². The normalized spacial score (nSPS) is 15.6. The van der Waals surface area contributed by atoms with Crippen molar-refractivity contribution in [1.29, 1.82) is 0 Å². The van der Waals surface area contributed by atoms with E-state index in [1.807, 2.05) is 48.7 Å². The molecule has 0 saturated carbocycles. The van der Waals surface area contributed by atoms with Crippen LogP contribution in [0.25, 0.3) is 11.1 Å². The minimum atomic E-state index is 0.153. The first-order valence-corrected chi connectivity index (χ1v) is 10.6. The van der Waals surface area contributed by atoms with Crippen LogP contribution < -0.4 is 5.73 Å². The molecule has 0 spiro atoms. The van der Waals surface area contributed by atoms with Crippen molar-refractivity contribution in [2.45, 2.75) is 38.0 Å². The fraction of sp³-hybridized carbons (Fsp3) is 0.308. The van der Waals surface area contributed by atoms with E-state index < -0.39 is 0 Å². The van der Waals surface area contributed by atoms with E-state index in [-0.39, 0.29) is 11.7 Å². The first-order chi connectivity index (χ1) is 14.6. The van der Waals surface area contributed by atoms with Gasteiger partial charge in [0.25, 0.3) is 0 Å². The first-order valence-electron chi connectivity index (χ1n) is 10.6. The second-order valence-corrected chi connectivity index (χ2v) is 8.10. The molecule has 2 aromatic carbocycles. The zero-order chi connectivity index (χ0) is 20.9. The molecule has 1 aliphatic heterocycles. The second kappa shape index (κ2) is 9.23. The van der Waals surface area contributed by atoms with E-state index in [2.05, 4.69) is 30.1 Å². The number of nitrogen functional groups attached to an aromatic ring is 1. The lowest BCUT2D eigenvalue weighted by atomic mass is 9.90. The fourth-order valence-electron chi connectivity index (χ4n) is 4.11. The van der Waals surface area contributed by atoms with E-state index >= 15 is 0 Å². The highest BCUT2D eigenvalue weighted by Crippen LogP contribution is 2.32. The average Bonchev–Trinajstić information content (AvgIpc) is 2.80. The van der Waals surface area contributed by atoms with E-state index in [9.17, 15) is 4.79 Å². The number of hydrogen-bond donors (Lipinski definition) is 1. The summed E-state index contributed by atoms with van der Waals surface area (Å²) in [4.78, 5) is 17.2. The van der Waals surface area contributed by atoms with Gasteiger partial charge in [-0.2, -0.15) is 0 Å². The molecule has 0 radical (unpaired) electrons. The zero-order valence-electron chi connectivity index (χ0n) is 17.4. The number of nitrogens with two attached hydrogens (primary N) is 1. The third-order valence-electron chi connectivity index (χ3n) is 6.01. The molecule has 154 valence electrons. The van der Waals surface area contributed by atoms with Gasteiger partial charge in [-0.25, -0.2) is 4.98 Å². The molecule has 2 heterocycles. The molecule has 1 aromatic heterocycles. The Morgan fingerprint density at radius 2 is 1.80 bits per heavy atom. The number of carbonyl (C=O) groups excluding carboxylic acids is 1. The molecule has 1 fully saturated rings. The Morgan fingerprint density at radius 1 is 1.10 bits per heavy atom. The summed E-state index contributed by atoms with van der Waals surface area (Å²) in [6, 6.07) is 20.1. The van der Waals surface area contributed by atoms with Gasteiger partial charge in [0, 0.05) is 37.0 Å². The molecule has 4 rings (SSSR count). The number of benzene rings is 2. The van der Waals surface area contributed by atoms with Gasteiger partial charge in [-0.05, 0) is 47.4 Å². The van der Waals surface area contributed by atoms with Crippen molar-refractivity contribution in [3.63, 3.8) is 0 Å². The van der Waals surface area contributed by atoms with Crippen LogP contribution in [0.5, 0.6) is 0 Å². The largest absolute Gasteiger partial charge is 0.383 e. The number of nitrogens with zero attached hydrogens (tertiary/aromatic N) is 1. The molecule has 1 saturated heterocycles. The van der Waals surface area contributed by atoms with Crippen LogP contribution in [-0.4, -0.2) is 24.0 Å². The van der Waals surface area contributed by atoms with Gasteiger partial charge in [-0.3, -0.25) is 4.79 Å². The van der Waals surface area contributed by atoms with Crippen molar-refractivity contribution in [1.82, 2.24) is 4.98 Å². The molecule has 1 atom stereocenters. The van der Waals surface area contributed by atoms with Crippen LogP contribution in [0.2, 0.25) is 0 Å². The molecule has 1 aliphatic rings.